The molecule has 2 heterocycles. The summed E-state index contributed by atoms with van der Waals surface area (Å²) in [5.74, 6) is 1.01. The van der Waals surface area contributed by atoms with Gasteiger partial charge in [-0.05, 0) is 58.7 Å². The average Bonchev–Trinajstić information content (AvgIpc) is 3.19. The molecule has 23 heavy (non-hydrogen) atoms. The number of nitrogens with zero attached hydrogens (tertiary/aromatic N) is 1. The summed E-state index contributed by atoms with van der Waals surface area (Å²) in [6.07, 6.45) is 3.27. The molecule has 1 N–H and O–H groups in total. The Hall–Kier alpha value is -0.990. The third-order valence-electron chi connectivity index (χ3n) is 3.53. The fraction of sp³-hybridized carbons (Fsp3) is 0.235. The third-order valence-corrected chi connectivity index (χ3v) is 6.17. The summed E-state index contributed by atoms with van der Waals surface area (Å²) in [6, 6.07) is 9.21. The van der Waals surface area contributed by atoms with Crippen LogP contribution in [0.5, 0.6) is 5.75 Å². The molecule has 0 saturated heterocycles. The molecule has 0 unspecified atom stereocenters. The lowest BCUT2D eigenvalue weighted by Gasteiger charge is -2.23. The highest BCUT2D eigenvalue weighted by Gasteiger charge is 2.22. The number of rotatable bonds is 5. The van der Waals surface area contributed by atoms with Gasteiger partial charge in [-0.1, -0.05) is 12.1 Å². The van der Waals surface area contributed by atoms with E-state index in [1.807, 2.05) is 40.2 Å². The van der Waals surface area contributed by atoms with Crippen LogP contribution in [0.2, 0.25) is 0 Å². The van der Waals surface area contributed by atoms with Gasteiger partial charge in [0.2, 0.25) is 0 Å². The van der Waals surface area contributed by atoms with Crippen LogP contribution in [0.15, 0.2) is 46.7 Å². The topological polar surface area (TPSA) is 40.5 Å². The Bertz CT molecular complexity index is 728. The maximum absolute atomic E-state index is 12.9. The summed E-state index contributed by atoms with van der Waals surface area (Å²) in [7, 11) is 0. The summed E-state index contributed by atoms with van der Waals surface area (Å²) < 4.78 is 0.913. The first-order valence-corrected chi connectivity index (χ1v) is 10.2. The first-order chi connectivity index (χ1) is 11.1. The van der Waals surface area contributed by atoms with E-state index in [9.17, 15) is 9.90 Å². The molecule has 1 aliphatic rings. The Morgan fingerprint density at radius 1 is 1.30 bits per heavy atom. The largest absolute Gasteiger partial charge is 0.507 e. The van der Waals surface area contributed by atoms with Gasteiger partial charge in [0.1, 0.15) is 5.75 Å². The second kappa shape index (κ2) is 7.72. The number of aromatic hydroxyl groups is 1. The molecule has 0 saturated carbocycles. The lowest BCUT2D eigenvalue weighted by atomic mass is 10.1. The van der Waals surface area contributed by atoms with Crippen LogP contribution in [0.1, 0.15) is 21.7 Å². The zero-order chi connectivity index (χ0) is 16.2. The number of allylic oxidation sites excluding steroid dienone is 1. The first kappa shape index (κ1) is 16.9. The van der Waals surface area contributed by atoms with E-state index < -0.39 is 0 Å². The van der Waals surface area contributed by atoms with Gasteiger partial charge in [-0.3, -0.25) is 4.79 Å². The molecule has 0 atom stereocenters. The van der Waals surface area contributed by atoms with Crippen molar-refractivity contribution in [3.63, 3.8) is 0 Å². The molecule has 0 fully saturated rings. The van der Waals surface area contributed by atoms with Crippen molar-refractivity contribution in [3.8, 4) is 5.75 Å². The molecular weight excluding hydrogens is 441 g/mol. The van der Waals surface area contributed by atoms with Gasteiger partial charge in [-0.2, -0.15) is 0 Å². The molecule has 2 aromatic rings. The summed E-state index contributed by atoms with van der Waals surface area (Å²) in [5.41, 5.74) is 0.366. The molecule has 3 rings (SSSR count). The van der Waals surface area contributed by atoms with Gasteiger partial charge in [0.25, 0.3) is 5.91 Å². The zero-order valence-corrected chi connectivity index (χ0v) is 16.2. The van der Waals surface area contributed by atoms with Crippen molar-refractivity contribution in [2.45, 2.75) is 13.0 Å². The van der Waals surface area contributed by atoms with Crippen molar-refractivity contribution < 1.29 is 9.90 Å². The van der Waals surface area contributed by atoms with Gasteiger partial charge >= 0.3 is 0 Å². The standard InChI is InChI=1S/C17H16INO2S2/c18-12-5-6-15(16(20)9-12)17(21)19(10-13-3-1-7-22-13)11-14-4-2-8-23-14/h1,3-7,9,20H,2,8,10-11H2. The average molecular weight is 457 g/mol. The number of hydrogen-bond donors (Lipinski definition) is 1. The van der Waals surface area contributed by atoms with Crippen molar-refractivity contribution >= 4 is 51.6 Å². The SMILES string of the molecule is O=C(c1ccc(I)cc1O)N(CC1=CCCS1)Cc1cccs1. The van der Waals surface area contributed by atoms with E-state index in [0.29, 0.717) is 18.7 Å². The van der Waals surface area contributed by atoms with Crippen molar-refractivity contribution in [2.24, 2.45) is 0 Å². The number of carbonyl (C=O) groups is 1. The van der Waals surface area contributed by atoms with E-state index in [-0.39, 0.29) is 11.7 Å². The Labute approximate surface area is 157 Å². The van der Waals surface area contributed by atoms with Crippen LogP contribution < -0.4 is 0 Å². The number of benzene rings is 1. The normalized spacial score (nSPS) is 13.9. The summed E-state index contributed by atoms with van der Waals surface area (Å²) in [5, 5.41) is 12.1. The first-order valence-electron chi connectivity index (χ1n) is 7.25. The second-order valence-corrected chi connectivity index (χ2v) is 8.71. The number of phenolic OH excluding ortho intramolecular Hbond substituents is 1. The van der Waals surface area contributed by atoms with Crippen LogP contribution in [-0.4, -0.2) is 28.2 Å². The highest BCUT2D eigenvalue weighted by atomic mass is 127. The van der Waals surface area contributed by atoms with Crippen LogP contribution >= 0.6 is 45.7 Å². The molecule has 0 bridgehead atoms. The maximum atomic E-state index is 12.9. The van der Waals surface area contributed by atoms with Crippen LogP contribution in [0.25, 0.3) is 0 Å². The lowest BCUT2D eigenvalue weighted by Crippen LogP contribution is -2.31. The Kier molecular flexibility index (Phi) is 5.66. The number of thiophene rings is 1. The summed E-state index contributed by atoms with van der Waals surface area (Å²) in [6.45, 7) is 1.17. The predicted octanol–water partition coefficient (Wildman–Crippen LogP) is 4.72. The van der Waals surface area contributed by atoms with E-state index in [1.165, 1.54) is 4.91 Å². The maximum Gasteiger partial charge on any atom is 0.258 e. The molecule has 1 aliphatic heterocycles. The van der Waals surface area contributed by atoms with Gasteiger partial charge < -0.3 is 10.0 Å². The molecule has 1 amide bonds. The van der Waals surface area contributed by atoms with E-state index in [2.05, 4.69) is 28.7 Å². The highest BCUT2D eigenvalue weighted by molar-refractivity contribution is 14.1. The minimum absolute atomic E-state index is 0.0473. The van der Waals surface area contributed by atoms with Crippen LogP contribution in [0.4, 0.5) is 0 Å². The minimum Gasteiger partial charge on any atom is -0.507 e. The van der Waals surface area contributed by atoms with Crippen LogP contribution in [0, 0.1) is 3.57 Å². The van der Waals surface area contributed by atoms with Crippen LogP contribution in [0.3, 0.4) is 0 Å². The highest BCUT2D eigenvalue weighted by Crippen LogP contribution is 2.28. The van der Waals surface area contributed by atoms with Gasteiger partial charge in [0.15, 0.2) is 0 Å². The smallest absolute Gasteiger partial charge is 0.258 e. The number of carbonyl (C=O) groups excluding carboxylic acids is 1. The van der Waals surface area contributed by atoms with Gasteiger partial charge in [0.05, 0.1) is 18.7 Å². The molecule has 3 nitrogen and oxygen atoms in total. The molecule has 0 aliphatic carbocycles. The Balaban J connectivity index is 1.84. The van der Waals surface area contributed by atoms with Gasteiger partial charge in [-0.25, -0.2) is 0 Å². The van der Waals surface area contributed by atoms with Crippen molar-refractivity contribution in [2.75, 3.05) is 12.3 Å². The number of halogens is 1. The molecule has 0 radical (unpaired) electrons. The minimum atomic E-state index is -0.124. The number of hydrogen-bond acceptors (Lipinski definition) is 4. The number of phenols is 1. The third kappa shape index (κ3) is 4.30. The summed E-state index contributed by atoms with van der Waals surface area (Å²) >= 11 is 5.58. The molecule has 6 heteroatoms. The Morgan fingerprint density at radius 3 is 2.83 bits per heavy atom. The van der Waals surface area contributed by atoms with E-state index >= 15 is 0 Å². The molecule has 1 aromatic heterocycles. The fourth-order valence-electron chi connectivity index (χ4n) is 2.41. The Morgan fingerprint density at radius 2 is 2.17 bits per heavy atom. The lowest BCUT2D eigenvalue weighted by molar-refractivity contribution is 0.0760. The molecule has 120 valence electrons. The molecule has 1 aromatic carbocycles. The van der Waals surface area contributed by atoms with Crippen molar-refractivity contribution in [1.82, 2.24) is 4.90 Å². The predicted molar refractivity (Wildman–Crippen MR) is 105 cm³/mol. The van der Waals surface area contributed by atoms with Gasteiger partial charge in [0, 0.05) is 19.1 Å². The number of thioether (sulfide) groups is 1. The molecule has 0 spiro atoms. The fourth-order valence-corrected chi connectivity index (χ4v) is 4.59. The van der Waals surface area contributed by atoms with Crippen molar-refractivity contribution in [1.29, 1.82) is 0 Å². The van der Waals surface area contributed by atoms with E-state index in [0.717, 1.165) is 20.6 Å². The van der Waals surface area contributed by atoms with Crippen LogP contribution in [-0.2, 0) is 6.54 Å². The molecular formula is C17H16INO2S2. The van der Waals surface area contributed by atoms with Crippen molar-refractivity contribution in [3.05, 3.63) is 60.7 Å². The second-order valence-electron chi connectivity index (χ2n) is 5.21. The van der Waals surface area contributed by atoms with E-state index in [1.54, 1.807) is 23.5 Å². The monoisotopic (exact) mass is 457 g/mol. The summed E-state index contributed by atoms with van der Waals surface area (Å²) in [4.78, 5) is 17.1. The zero-order valence-electron chi connectivity index (χ0n) is 12.4. The van der Waals surface area contributed by atoms with Gasteiger partial charge in [-0.15, -0.1) is 23.1 Å². The number of amides is 1. The van der Waals surface area contributed by atoms with E-state index in [4.69, 9.17) is 0 Å². The quantitative estimate of drug-likeness (QED) is 0.661.